The zero-order valence-corrected chi connectivity index (χ0v) is 8.97. The fraction of sp³-hybridized carbons (Fsp3) is 0.400. The molecule has 6 nitrogen and oxygen atoms in total. The lowest BCUT2D eigenvalue weighted by atomic mass is 10.4. The van der Waals surface area contributed by atoms with Crippen molar-refractivity contribution in [2.24, 2.45) is 0 Å². The largest absolute Gasteiger partial charge is 0.460 e. The highest BCUT2D eigenvalue weighted by atomic mass is 17.2. The van der Waals surface area contributed by atoms with Gasteiger partial charge in [0.05, 0.1) is 0 Å². The lowest BCUT2D eigenvalue weighted by molar-refractivity contribution is -0.279. The molecule has 90 valence electrons. The van der Waals surface area contributed by atoms with Crippen molar-refractivity contribution in [1.29, 1.82) is 0 Å². The Bertz CT molecular complexity index is 283. The third kappa shape index (κ3) is 6.74. The van der Waals surface area contributed by atoms with Gasteiger partial charge in [0.15, 0.2) is 0 Å². The molecule has 0 rings (SSSR count). The van der Waals surface area contributed by atoms with Crippen LogP contribution in [0.5, 0.6) is 0 Å². The number of esters is 1. The molecule has 0 bridgehead atoms. The van der Waals surface area contributed by atoms with Crippen LogP contribution in [0.3, 0.4) is 0 Å². The first kappa shape index (κ1) is 14.3. The summed E-state index contributed by atoms with van der Waals surface area (Å²) in [4.78, 5) is 30.1. The van der Waals surface area contributed by atoms with Gasteiger partial charge >= 0.3 is 11.9 Å². The van der Waals surface area contributed by atoms with E-state index < -0.39 is 18.0 Å². The Labute approximate surface area is 93.0 Å². The summed E-state index contributed by atoms with van der Waals surface area (Å²) >= 11 is 0. The van der Waals surface area contributed by atoms with Crippen molar-refractivity contribution in [3.05, 3.63) is 24.8 Å². The van der Waals surface area contributed by atoms with Gasteiger partial charge in [0.1, 0.15) is 19.3 Å². The quantitative estimate of drug-likeness (QED) is 0.290. The standard InChI is InChI=1S/C10H14O6/c1-4-9(12)14-5-8(11)6-15-16-10(13)7(2)3/h4,8,11H,1-2,5-6H2,3H3. The van der Waals surface area contributed by atoms with Gasteiger partial charge in [0.25, 0.3) is 0 Å². The molecule has 1 N–H and O–H groups in total. The summed E-state index contributed by atoms with van der Waals surface area (Å²) in [5.74, 6) is -1.38. The van der Waals surface area contributed by atoms with Crippen LogP contribution in [-0.4, -0.2) is 36.4 Å². The zero-order valence-electron chi connectivity index (χ0n) is 8.97. The number of hydrogen-bond donors (Lipinski definition) is 1. The van der Waals surface area contributed by atoms with Crippen LogP contribution in [0.25, 0.3) is 0 Å². The first-order valence-corrected chi connectivity index (χ1v) is 4.44. The second-order valence-electron chi connectivity index (χ2n) is 2.92. The van der Waals surface area contributed by atoms with E-state index in [4.69, 9.17) is 0 Å². The van der Waals surface area contributed by atoms with Crippen LogP contribution in [0.1, 0.15) is 6.92 Å². The summed E-state index contributed by atoms with van der Waals surface area (Å²) in [7, 11) is 0. The molecular formula is C10H14O6. The lowest BCUT2D eigenvalue weighted by Gasteiger charge is -2.09. The summed E-state index contributed by atoms with van der Waals surface area (Å²) in [6.45, 7) is 7.38. The van der Waals surface area contributed by atoms with Crippen molar-refractivity contribution >= 4 is 11.9 Å². The van der Waals surface area contributed by atoms with Crippen LogP contribution in [-0.2, 0) is 24.1 Å². The van der Waals surface area contributed by atoms with E-state index in [0.29, 0.717) is 0 Å². The highest BCUT2D eigenvalue weighted by molar-refractivity contribution is 5.86. The SMILES string of the molecule is C=CC(=O)OCC(O)COOC(=O)C(=C)C. The third-order valence-electron chi connectivity index (χ3n) is 1.33. The van der Waals surface area contributed by atoms with Crippen molar-refractivity contribution in [2.45, 2.75) is 13.0 Å². The van der Waals surface area contributed by atoms with E-state index in [2.05, 4.69) is 27.7 Å². The number of carbonyl (C=O) groups is 2. The van der Waals surface area contributed by atoms with Crippen molar-refractivity contribution in [2.75, 3.05) is 13.2 Å². The van der Waals surface area contributed by atoms with E-state index >= 15 is 0 Å². The number of rotatable bonds is 7. The van der Waals surface area contributed by atoms with E-state index in [-0.39, 0.29) is 18.8 Å². The molecule has 6 heteroatoms. The van der Waals surface area contributed by atoms with E-state index in [9.17, 15) is 14.7 Å². The summed E-state index contributed by atoms with van der Waals surface area (Å²) < 4.78 is 4.51. The van der Waals surface area contributed by atoms with Crippen molar-refractivity contribution in [3.63, 3.8) is 0 Å². The van der Waals surface area contributed by atoms with Gasteiger partial charge in [-0.15, -0.1) is 0 Å². The minimum Gasteiger partial charge on any atom is -0.460 e. The summed E-state index contributed by atoms with van der Waals surface area (Å²) in [6.07, 6.45) is -0.115. The molecule has 1 unspecified atom stereocenters. The molecular weight excluding hydrogens is 216 g/mol. The monoisotopic (exact) mass is 230 g/mol. The van der Waals surface area contributed by atoms with Crippen molar-refractivity contribution < 1.29 is 29.2 Å². The smallest absolute Gasteiger partial charge is 0.368 e. The minimum absolute atomic E-state index is 0.174. The van der Waals surface area contributed by atoms with E-state index in [0.717, 1.165) is 6.08 Å². The molecule has 0 saturated carbocycles. The molecule has 0 aromatic heterocycles. The maximum Gasteiger partial charge on any atom is 0.368 e. The van der Waals surface area contributed by atoms with Gasteiger partial charge in [-0.3, -0.25) is 4.89 Å². The molecule has 0 radical (unpaired) electrons. The van der Waals surface area contributed by atoms with Gasteiger partial charge in [0, 0.05) is 11.6 Å². The summed E-state index contributed by atoms with van der Waals surface area (Å²) in [6, 6.07) is 0. The molecule has 0 heterocycles. The predicted molar refractivity (Wildman–Crippen MR) is 54.0 cm³/mol. The third-order valence-corrected chi connectivity index (χ3v) is 1.33. The average Bonchev–Trinajstić information content (AvgIpc) is 2.25. The van der Waals surface area contributed by atoms with Gasteiger partial charge < -0.3 is 9.84 Å². The van der Waals surface area contributed by atoms with Crippen LogP contribution in [0.4, 0.5) is 0 Å². The van der Waals surface area contributed by atoms with Crippen LogP contribution in [0.15, 0.2) is 24.8 Å². The number of ether oxygens (including phenoxy) is 1. The average molecular weight is 230 g/mol. The maximum absolute atomic E-state index is 10.8. The Morgan fingerprint density at radius 1 is 1.44 bits per heavy atom. The Morgan fingerprint density at radius 2 is 2.06 bits per heavy atom. The normalized spacial score (nSPS) is 11.4. The molecule has 0 aliphatic rings. The van der Waals surface area contributed by atoms with Crippen LogP contribution in [0.2, 0.25) is 0 Å². The Balaban J connectivity index is 3.62. The number of aliphatic hydroxyl groups is 1. The maximum atomic E-state index is 10.8. The fourth-order valence-corrected chi connectivity index (χ4v) is 0.523. The molecule has 16 heavy (non-hydrogen) atoms. The van der Waals surface area contributed by atoms with Crippen molar-refractivity contribution in [3.8, 4) is 0 Å². The van der Waals surface area contributed by atoms with Gasteiger partial charge in [-0.25, -0.2) is 9.59 Å². The van der Waals surface area contributed by atoms with E-state index in [1.165, 1.54) is 6.92 Å². The molecule has 0 aliphatic heterocycles. The van der Waals surface area contributed by atoms with Gasteiger partial charge in [0.2, 0.25) is 0 Å². The summed E-state index contributed by atoms with van der Waals surface area (Å²) in [5, 5.41) is 9.19. The highest BCUT2D eigenvalue weighted by Gasteiger charge is 2.10. The molecule has 0 aromatic carbocycles. The number of carbonyl (C=O) groups excluding carboxylic acids is 2. The molecule has 0 aliphatic carbocycles. The highest BCUT2D eigenvalue weighted by Crippen LogP contribution is 1.95. The van der Waals surface area contributed by atoms with Crippen LogP contribution < -0.4 is 0 Å². The molecule has 0 fully saturated rings. The van der Waals surface area contributed by atoms with Gasteiger partial charge in [-0.05, 0) is 6.92 Å². The Morgan fingerprint density at radius 3 is 2.56 bits per heavy atom. The second kappa shape index (κ2) is 7.61. The molecule has 0 amide bonds. The van der Waals surface area contributed by atoms with E-state index in [1.807, 2.05) is 0 Å². The number of aliphatic hydroxyl groups excluding tert-OH is 1. The second-order valence-corrected chi connectivity index (χ2v) is 2.92. The van der Waals surface area contributed by atoms with Gasteiger partial charge in [-0.1, -0.05) is 13.2 Å². The van der Waals surface area contributed by atoms with Crippen molar-refractivity contribution in [1.82, 2.24) is 0 Å². The molecule has 0 spiro atoms. The fourth-order valence-electron chi connectivity index (χ4n) is 0.523. The van der Waals surface area contributed by atoms with E-state index in [1.54, 1.807) is 0 Å². The number of hydrogen-bond acceptors (Lipinski definition) is 6. The molecule has 1 atom stereocenters. The van der Waals surface area contributed by atoms with Gasteiger partial charge in [-0.2, -0.15) is 4.89 Å². The molecule has 0 aromatic rings. The Kier molecular flexibility index (Phi) is 6.82. The first-order chi connectivity index (χ1) is 7.47. The topological polar surface area (TPSA) is 82.1 Å². The minimum atomic E-state index is -1.08. The van der Waals surface area contributed by atoms with Crippen LogP contribution in [0, 0.1) is 0 Å². The zero-order chi connectivity index (χ0) is 12.6. The lowest BCUT2D eigenvalue weighted by Crippen LogP contribution is -2.24. The summed E-state index contributed by atoms with van der Waals surface area (Å²) in [5.41, 5.74) is 0.174. The Hall–Kier alpha value is -1.66. The molecule has 0 saturated heterocycles. The predicted octanol–water partition coefficient (Wildman–Crippen LogP) is 0.127. The first-order valence-electron chi connectivity index (χ1n) is 4.44. The van der Waals surface area contributed by atoms with Crippen LogP contribution >= 0.6 is 0 Å².